The van der Waals surface area contributed by atoms with Crippen molar-refractivity contribution in [2.75, 3.05) is 0 Å². The molecule has 0 saturated heterocycles. The van der Waals surface area contributed by atoms with Crippen LogP contribution in [0.5, 0.6) is 0 Å². The van der Waals surface area contributed by atoms with Crippen LogP contribution in [0.4, 0.5) is 4.39 Å². The van der Waals surface area contributed by atoms with Gasteiger partial charge in [0.25, 0.3) is 0 Å². The number of hydrogen-bond donors (Lipinski definition) is 2. The molecule has 0 saturated carbocycles. The summed E-state index contributed by atoms with van der Waals surface area (Å²) in [6.45, 7) is 4.00. The number of pyridine rings is 3. The Morgan fingerprint density at radius 1 is 0.929 bits per heavy atom. The Morgan fingerprint density at radius 3 is 2.46 bits per heavy atom. The summed E-state index contributed by atoms with van der Waals surface area (Å²) in [5, 5.41) is 19.6. The van der Waals surface area contributed by atoms with Gasteiger partial charge < -0.3 is 10.0 Å². The Hall–Kier alpha value is -3.16. The summed E-state index contributed by atoms with van der Waals surface area (Å²) >= 11 is 0. The number of aromatic nitrogens is 3. The van der Waals surface area contributed by atoms with Gasteiger partial charge in [0.05, 0.1) is 5.69 Å². The van der Waals surface area contributed by atoms with Crippen molar-refractivity contribution in [2.24, 2.45) is 0 Å². The molecular weight excluding hydrogens is 356 g/mol. The summed E-state index contributed by atoms with van der Waals surface area (Å²) < 4.78 is 14.2. The second-order valence-electron chi connectivity index (χ2n) is 5.79. The third-order valence-corrected chi connectivity index (χ3v) is 4.10. The summed E-state index contributed by atoms with van der Waals surface area (Å²) in [6.07, 6.45) is 4.61. The van der Waals surface area contributed by atoms with E-state index in [1.807, 2.05) is 19.9 Å². The lowest BCUT2D eigenvalue weighted by Crippen LogP contribution is -2.30. The van der Waals surface area contributed by atoms with Crippen LogP contribution in [0.2, 0.25) is 0 Å². The zero-order valence-electron chi connectivity index (χ0n) is 15.5. The fraction of sp³-hybridized carbons (Fsp3) is 0.0952. The number of nitrogens with zero attached hydrogens (tertiary/aromatic N) is 3. The maximum absolute atomic E-state index is 14.2. The Bertz CT molecular complexity index is 1110. The number of fused-ring (bicyclic) bond motifs is 1. The minimum absolute atomic E-state index is 0.267. The van der Waals surface area contributed by atoms with Crippen LogP contribution in [0.25, 0.3) is 33.4 Å². The summed E-state index contributed by atoms with van der Waals surface area (Å²) in [7, 11) is -1.63. The van der Waals surface area contributed by atoms with Crippen LogP contribution >= 0.6 is 0 Å². The van der Waals surface area contributed by atoms with Gasteiger partial charge in [-0.05, 0) is 35.9 Å². The average Bonchev–Trinajstić information content (AvgIpc) is 2.75. The summed E-state index contributed by atoms with van der Waals surface area (Å²) in [6, 6.07) is 13.4. The number of hydrogen-bond acceptors (Lipinski definition) is 5. The van der Waals surface area contributed by atoms with Crippen molar-refractivity contribution in [1.29, 1.82) is 0 Å². The maximum Gasteiger partial charge on any atom is 0.490 e. The molecule has 0 aliphatic carbocycles. The molecule has 0 bridgehead atoms. The molecule has 3 heterocycles. The first-order valence-corrected chi connectivity index (χ1v) is 8.95. The van der Waals surface area contributed by atoms with Crippen LogP contribution in [0.15, 0.2) is 67.1 Å². The largest absolute Gasteiger partial charge is 0.490 e. The normalized spacial score (nSPS) is 10.3. The average molecular weight is 375 g/mol. The van der Waals surface area contributed by atoms with E-state index in [4.69, 9.17) is 0 Å². The van der Waals surface area contributed by atoms with E-state index in [-0.39, 0.29) is 11.3 Å². The van der Waals surface area contributed by atoms with Crippen molar-refractivity contribution in [2.45, 2.75) is 13.8 Å². The van der Waals surface area contributed by atoms with E-state index in [0.717, 1.165) is 10.9 Å². The molecular formula is C21H19BFN3O2. The zero-order chi connectivity index (χ0) is 20.1. The molecule has 140 valence electrons. The monoisotopic (exact) mass is 375 g/mol. The minimum Gasteiger partial charge on any atom is -0.423 e. The fourth-order valence-corrected chi connectivity index (χ4v) is 2.85. The van der Waals surface area contributed by atoms with Gasteiger partial charge in [0.1, 0.15) is 5.82 Å². The van der Waals surface area contributed by atoms with Crippen LogP contribution in [-0.4, -0.2) is 32.1 Å². The van der Waals surface area contributed by atoms with Gasteiger partial charge in [-0.2, -0.15) is 0 Å². The van der Waals surface area contributed by atoms with Gasteiger partial charge in [0.15, 0.2) is 5.65 Å². The first-order valence-electron chi connectivity index (χ1n) is 8.95. The first-order chi connectivity index (χ1) is 13.6. The van der Waals surface area contributed by atoms with Gasteiger partial charge in [0, 0.05) is 40.6 Å². The molecule has 1 aromatic carbocycles. The van der Waals surface area contributed by atoms with Crippen molar-refractivity contribution in [3.63, 3.8) is 0 Å². The van der Waals surface area contributed by atoms with Crippen LogP contribution in [0, 0.1) is 5.82 Å². The van der Waals surface area contributed by atoms with Gasteiger partial charge in [-0.1, -0.05) is 32.0 Å². The van der Waals surface area contributed by atoms with E-state index >= 15 is 0 Å². The molecule has 0 unspecified atom stereocenters. The Balaban J connectivity index is 0.00000109. The molecule has 28 heavy (non-hydrogen) atoms. The highest BCUT2D eigenvalue weighted by molar-refractivity contribution is 6.58. The van der Waals surface area contributed by atoms with E-state index in [0.29, 0.717) is 22.5 Å². The predicted octanol–water partition coefficient (Wildman–Crippen LogP) is 3.20. The molecule has 4 rings (SSSR count). The third-order valence-electron chi connectivity index (χ3n) is 4.10. The Morgan fingerprint density at radius 2 is 1.71 bits per heavy atom. The standard InChI is InChI=1S/C19H13BFN3O2.C2H6/c21-17-6-2-1-4-15(17)18-9-16(14-5-3-7-23-19(14)24-18)12-8-13(20(25)26)11-22-10-12;1-2/h1-11,25-26H;1-2H3. The molecule has 0 fully saturated rings. The lowest BCUT2D eigenvalue weighted by molar-refractivity contribution is 0.425. The van der Waals surface area contributed by atoms with Crippen LogP contribution < -0.4 is 5.46 Å². The lowest BCUT2D eigenvalue weighted by Gasteiger charge is -2.11. The van der Waals surface area contributed by atoms with Gasteiger partial charge >= 0.3 is 7.12 Å². The van der Waals surface area contributed by atoms with Crippen LogP contribution in [0.3, 0.4) is 0 Å². The summed E-state index contributed by atoms with van der Waals surface area (Å²) in [4.78, 5) is 12.8. The van der Waals surface area contributed by atoms with Crippen LogP contribution in [0.1, 0.15) is 13.8 Å². The number of halogens is 1. The van der Waals surface area contributed by atoms with E-state index in [2.05, 4.69) is 15.0 Å². The highest BCUT2D eigenvalue weighted by atomic mass is 19.1. The van der Waals surface area contributed by atoms with Gasteiger partial charge in [-0.3, -0.25) is 4.98 Å². The van der Waals surface area contributed by atoms with Crippen molar-refractivity contribution in [3.05, 3.63) is 72.9 Å². The Labute approximate surface area is 162 Å². The van der Waals surface area contributed by atoms with Crippen molar-refractivity contribution < 1.29 is 14.4 Å². The van der Waals surface area contributed by atoms with Gasteiger partial charge in [-0.15, -0.1) is 0 Å². The van der Waals surface area contributed by atoms with E-state index in [1.54, 1.807) is 48.8 Å². The zero-order valence-corrected chi connectivity index (χ0v) is 15.5. The van der Waals surface area contributed by atoms with E-state index in [1.165, 1.54) is 12.3 Å². The second kappa shape index (κ2) is 8.69. The molecule has 4 aromatic rings. The molecule has 0 radical (unpaired) electrons. The summed E-state index contributed by atoms with van der Waals surface area (Å²) in [5.41, 5.74) is 2.94. The second-order valence-corrected chi connectivity index (χ2v) is 5.79. The third kappa shape index (κ3) is 3.90. The number of rotatable bonds is 3. The van der Waals surface area contributed by atoms with Gasteiger partial charge in [0.2, 0.25) is 0 Å². The quantitative estimate of drug-likeness (QED) is 0.538. The highest BCUT2D eigenvalue weighted by Gasteiger charge is 2.16. The van der Waals surface area contributed by atoms with E-state index < -0.39 is 7.12 Å². The highest BCUT2D eigenvalue weighted by Crippen LogP contribution is 2.31. The molecule has 3 aromatic heterocycles. The molecule has 0 amide bonds. The van der Waals surface area contributed by atoms with Crippen LogP contribution in [-0.2, 0) is 0 Å². The summed E-state index contributed by atoms with van der Waals surface area (Å²) in [5.74, 6) is -0.376. The molecule has 0 spiro atoms. The molecule has 0 atom stereocenters. The fourth-order valence-electron chi connectivity index (χ4n) is 2.85. The molecule has 5 nitrogen and oxygen atoms in total. The number of benzene rings is 1. The topological polar surface area (TPSA) is 79.1 Å². The SMILES string of the molecule is CC.OB(O)c1cncc(-c2cc(-c3ccccc3F)nc3ncccc23)c1. The predicted molar refractivity (Wildman–Crippen MR) is 109 cm³/mol. The van der Waals surface area contributed by atoms with Crippen molar-refractivity contribution >= 4 is 23.6 Å². The van der Waals surface area contributed by atoms with Crippen molar-refractivity contribution in [3.8, 4) is 22.4 Å². The smallest absolute Gasteiger partial charge is 0.423 e. The van der Waals surface area contributed by atoms with E-state index in [9.17, 15) is 14.4 Å². The van der Waals surface area contributed by atoms with Crippen molar-refractivity contribution in [1.82, 2.24) is 15.0 Å². The molecule has 0 aliphatic heterocycles. The minimum atomic E-state index is -1.63. The lowest BCUT2D eigenvalue weighted by atomic mass is 9.80. The first kappa shape index (κ1) is 19.6. The molecule has 7 heteroatoms. The molecule has 2 N–H and O–H groups in total. The maximum atomic E-state index is 14.2. The Kier molecular flexibility index (Phi) is 6.08. The molecule has 0 aliphatic rings. The van der Waals surface area contributed by atoms with Gasteiger partial charge in [-0.25, -0.2) is 14.4 Å².